The van der Waals surface area contributed by atoms with Crippen LogP contribution in [-0.2, 0) is 16.4 Å². The van der Waals surface area contributed by atoms with Crippen molar-refractivity contribution < 1.29 is 17.9 Å². The van der Waals surface area contributed by atoms with Crippen LogP contribution >= 0.6 is 0 Å². The van der Waals surface area contributed by atoms with Crippen molar-refractivity contribution in [2.45, 2.75) is 19.9 Å². The Morgan fingerprint density at radius 3 is 2.60 bits per heavy atom. The summed E-state index contributed by atoms with van der Waals surface area (Å²) >= 11 is 0. The summed E-state index contributed by atoms with van der Waals surface area (Å²) in [5.74, 6) is 1.64. The highest BCUT2D eigenvalue weighted by Gasteiger charge is 2.09. The number of hydrogen-bond acceptors (Lipinski definition) is 5. The molecule has 1 aromatic carbocycles. The van der Waals surface area contributed by atoms with E-state index in [9.17, 15) is 8.42 Å². The molecular weight excluding hydrogens is 278 g/mol. The highest BCUT2D eigenvalue weighted by atomic mass is 32.2. The molecule has 6 heteroatoms. The third kappa shape index (κ3) is 5.38. The predicted octanol–water partition coefficient (Wildman–Crippen LogP) is 1.62. The number of rotatable bonds is 9. The van der Waals surface area contributed by atoms with Crippen LogP contribution in [0.1, 0.15) is 18.9 Å². The fourth-order valence-corrected chi connectivity index (χ4v) is 2.60. The summed E-state index contributed by atoms with van der Waals surface area (Å²) in [6.45, 7) is 2.77. The Morgan fingerprint density at radius 2 is 2.00 bits per heavy atom. The number of benzene rings is 1. The molecule has 0 aliphatic carbocycles. The van der Waals surface area contributed by atoms with Gasteiger partial charge in [0, 0.05) is 12.3 Å². The Hall–Kier alpha value is -1.27. The van der Waals surface area contributed by atoms with Crippen LogP contribution in [0.15, 0.2) is 18.2 Å². The lowest BCUT2D eigenvalue weighted by atomic mass is 10.2. The van der Waals surface area contributed by atoms with Gasteiger partial charge in [-0.1, -0.05) is 13.0 Å². The monoisotopic (exact) mass is 301 g/mol. The van der Waals surface area contributed by atoms with E-state index in [1.165, 1.54) is 0 Å². The first-order valence-electron chi connectivity index (χ1n) is 6.67. The minimum absolute atomic E-state index is 0.156. The minimum atomic E-state index is -2.92. The van der Waals surface area contributed by atoms with Gasteiger partial charge in [0.25, 0.3) is 0 Å². The van der Waals surface area contributed by atoms with Crippen LogP contribution in [-0.4, -0.2) is 40.7 Å². The molecule has 114 valence electrons. The molecule has 1 N–H and O–H groups in total. The van der Waals surface area contributed by atoms with Crippen LogP contribution < -0.4 is 14.8 Å². The lowest BCUT2D eigenvalue weighted by molar-refractivity contribution is 0.294. The molecule has 5 nitrogen and oxygen atoms in total. The van der Waals surface area contributed by atoms with Gasteiger partial charge >= 0.3 is 0 Å². The largest absolute Gasteiger partial charge is 0.493 e. The summed E-state index contributed by atoms with van der Waals surface area (Å²) < 4.78 is 33.6. The Morgan fingerprint density at radius 1 is 1.25 bits per heavy atom. The van der Waals surface area contributed by atoms with Crippen LogP contribution in [0.5, 0.6) is 11.5 Å². The van der Waals surface area contributed by atoms with Crippen molar-refractivity contribution in [3.05, 3.63) is 23.8 Å². The highest BCUT2D eigenvalue weighted by molar-refractivity contribution is 7.91. The van der Waals surface area contributed by atoms with Crippen molar-refractivity contribution in [1.29, 1.82) is 0 Å². The van der Waals surface area contributed by atoms with Crippen LogP contribution in [0.4, 0.5) is 0 Å². The van der Waals surface area contributed by atoms with Gasteiger partial charge in [0.1, 0.15) is 9.84 Å². The van der Waals surface area contributed by atoms with Crippen LogP contribution in [0, 0.1) is 0 Å². The van der Waals surface area contributed by atoms with E-state index in [1.807, 2.05) is 25.2 Å². The molecule has 0 amide bonds. The zero-order valence-corrected chi connectivity index (χ0v) is 13.1. The van der Waals surface area contributed by atoms with Crippen LogP contribution in [0.3, 0.4) is 0 Å². The van der Waals surface area contributed by atoms with Gasteiger partial charge in [0.05, 0.1) is 19.5 Å². The fraction of sp³-hybridized carbons (Fsp3) is 0.571. The van der Waals surface area contributed by atoms with Gasteiger partial charge in [-0.25, -0.2) is 8.42 Å². The van der Waals surface area contributed by atoms with E-state index in [-0.39, 0.29) is 11.5 Å². The van der Waals surface area contributed by atoms with Crippen molar-refractivity contribution in [3.63, 3.8) is 0 Å². The van der Waals surface area contributed by atoms with Crippen LogP contribution in [0.2, 0.25) is 0 Å². The van der Waals surface area contributed by atoms with Crippen molar-refractivity contribution >= 4 is 9.84 Å². The van der Waals surface area contributed by atoms with E-state index >= 15 is 0 Å². The molecule has 1 rings (SSSR count). The molecule has 0 saturated carbocycles. The summed E-state index contributed by atoms with van der Waals surface area (Å²) in [6, 6.07) is 5.71. The normalized spacial score (nSPS) is 11.3. The molecule has 0 aromatic heterocycles. The molecule has 0 aliphatic rings. The van der Waals surface area contributed by atoms with E-state index in [0.29, 0.717) is 24.5 Å². The first-order chi connectivity index (χ1) is 9.52. The highest BCUT2D eigenvalue weighted by Crippen LogP contribution is 2.28. The van der Waals surface area contributed by atoms with Gasteiger partial charge in [-0.3, -0.25) is 0 Å². The molecule has 0 fully saturated rings. The SMILES string of the molecule is CCS(=O)(=O)CCCOc1ccc(CNC)cc1OC. The topological polar surface area (TPSA) is 64.6 Å². The Balaban J connectivity index is 2.55. The third-order valence-corrected chi connectivity index (χ3v) is 4.70. The fourth-order valence-electron chi connectivity index (χ4n) is 1.75. The first kappa shape index (κ1) is 16.8. The van der Waals surface area contributed by atoms with E-state index < -0.39 is 9.84 Å². The number of ether oxygens (including phenoxy) is 2. The molecule has 0 saturated heterocycles. The van der Waals surface area contributed by atoms with Gasteiger partial charge in [-0.2, -0.15) is 0 Å². The maximum absolute atomic E-state index is 11.4. The number of methoxy groups -OCH3 is 1. The molecule has 1 aromatic rings. The van der Waals surface area contributed by atoms with E-state index in [4.69, 9.17) is 9.47 Å². The van der Waals surface area contributed by atoms with Crippen molar-refractivity contribution in [2.75, 3.05) is 32.3 Å². The summed E-state index contributed by atoms with van der Waals surface area (Å²) in [4.78, 5) is 0. The average Bonchev–Trinajstić information content (AvgIpc) is 2.45. The first-order valence-corrected chi connectivity index (χ1v) is 8.49. The lowest BCUT2D eigenvalue weighted by Gasteiger charge is -2.12. The number of hydrogen-bond donors (Lipinski definition) is 1. The summed E-state index contributed by atoms with van der Waals surface area (Å²) in [5, 5.41) is 3.07. The smallest absolute Gasteiger partial charge is 0.161 e. The van der Waals surface area contributed by atoms with Gasteiger partial charge in [-0.05, 0) is 31.2 Å². The number of nitrogens with one attached hydrogen (secondary N) is 1. The molecule has 0 spiro atoms. The molecule has 0 heterocycles. The van der Waals surface area contributed by atoms with Gasteiger partial charge in [0.15, 0.2) is 11.5 Å². The van der Waals surface area contributed by atoms with Crippen molar-refractivity contribution in [3.8, 4) is 11.5 Å². The maximum Gasteiger partial charge on any atom is 0.161 e. The zero-order valence-electron chi connectivity index (χ0n) is 12.3. The third-order valence-electron chi connectivity index (χ3n) is 2.91. The second kappa shape index (κ2) is 8.11. The molecule has 0 bridgehead atoms. The zero-order chi connectivity index (χ0) is 15.0. The molecule has 0 unspecified atom stereocenters. The van der Waals surface area contributed by atoms with Crippen molar-refractivity contribution in [2.24, 2.45) is 0 Å². The Bertz CT molecular complexity index is 514. The summed E-state index contributed by atoms with van der Waals surface area (Å²) in [5.41, 5.74) is 1.10. The van der Waals surface area contributed by atoms with E-state index in [0.717, 1.165) is 12.1 Å². The summed E-state index contributed by atoms with van der Waals surface area (Å²) in [7, 11) is 0.547. The Kier molecular flexibility index (Phi) is 6.81. The Labute approximate surface area is 121 Å². The molecule has 0 aliphatic heterocycles. The van der Waals surface area contributed by atoms with Gasteiger partial charge < -0.3 is 14.8 Å². The van der Waals surface area contributed by atoms with Crippen molar-refractivity contribution in [1.82, 2.24) is 5.32 Å². The van der Waals surface area contributed by atoms with E-state index in [2.05, 4.69) is 5.32 Å². The molecule has 0 radical (unpaired) electrons. The average molecular weight is 301 g/mol. The maximum atomic E-state index is 11.4. The number of sulfone groups is 1. The quantitative estimate of drug-likeness (QED) is 0.702. The standard InChI is InChI=1S/C14H23NO4S/c1-4-20(16,17)9-5-8-19-13-7-6-12(11-15-2)10-14(13)18-3/h6-7,10,15H,4-5,8-9,11H2,1-3H3. The summed E-state index contributed by atoms with van der Waals surface area (Å²) in [6.07, 6.45) is 0.484. The predicted molar refractivity (Wildman–Crippen MR) is 80.2 cm³/mol. The molecule has 20 heavy (non-hydrogen) atoms. The van der Waals surface area contributed by atoms with E-state index in [1.54, 1.807) is 14.0 Å². The second-order valence-electron chi connectivity index (χ2n) is 4.45. The van der Waals surface area contributed by atoms with Gasteiger partial charge in [0.2, 0.25) is 0 Å². The van der Waals surface area contributed by atoms with Crippen LogP contribution in [0.25, 0.3) is 0 Å². The second-order valence-corrected chi connectivity index (χ2v) is 6.93. The van der Waals surface area contributed by atoms with Gasteiger partial charge in [-0.15, -0.1) is 0 Å². The lowest BCUT2D eigenvalue weighted by Crippen LogP contribution is -2.12. The molecular formula is C14H23NO4S. The molecule has 0 atom stereocenters. The minimum Gasteiger partial charge on any atom is -0.493 e.